The van der Waals surface area contributed by atoms with Gasteiger partial charge in [-0.05, 0) is 37.0 Å². The summed E-state index contributed by atoms with van der Waals surface area (Å²) in [6, 6.07) is 4.00. The fraction of sp³-hybridized carbons (Fsp3) is 0.533. The summed E-state index contributed by atoms with van der Waals surface area (Å²) in [6.45, 7) is 7.70. The fourth-order valence-electron chi connectivity index (χ4n) is 2.24. The second-order valence-corrected chi connectivity index (χ2v) is 5.07. The molecule has 1 unspecified atom stereocenters. The molecule has 0 bridgehead atoms. The molecule has 1 atom stereocenters. The average Bonchev–Trinajstić information content (AvgIpc) is 2.30. The molecule has 4 heteroatoms. The molecule has 0 aliphatic rings. The molecule has 1 rings (SSSR count). The molecule has 0 aliphatic heterocycles. The molecule has 0 saturated carbocycles. The molecule has 0 aliphatic carbocycles. The number of benzene rings is 1. The lowest BCUT2D eigenvalue weighted by molar-refractivity contribution is -0.145. The Morgan fingerprint density at radius 2 is 1.95 bits per heavy atom. The van der Waals surface area contributed by atoms with Gasteiger partial charge in [0.25, 0.3) is 0 Å². The smallest absolute Gasteiger partial charge is 0.329 e. The molecule has 0 aromatic heterocycles. The zero-order chi connectivity index (χ0) is 14.6. The van der Waals surface area contributed by atoms with Crippen molar-refractivity contribution < 1.29 is 19.4 Å². The summed E-state index contributed by atoms with van der Waals surface area (Å²) in [6.07, 6.45) is -0.286. The first kappa shape index (κ1) is 15.5. The van der Waals surface area contributed by atoms with Gasteiger partial charge >= 0.3 is 5.97 Å². The Balaban J connectivity index is 3.18. The molecule has 0 saturated heterocycles. The number of aryl methyl sites for hydroxylation is 2. The first-order valence-electron chi connectivity index (χ1n) is 6.35. The van der Waals surface area contributed by atoms with Crippen molar-refractivity contribution in [2.24, 2.45) is 5.92 Å². The number of carboxylic acid groups (broad SMARTS) is 1. The average molecular weight is 266 g/mol. The van der Waals surface area contributed by atoms with Crippen molar-refractivity contribution in [1.29, 1.82) is 0 Å². The number of hydrogen-bond donors (Lipinski definition) is 1. The zero-order valence-corrected chi connectivity index (χ0v) is 12.2. The third-order valence-electron chi connectivity index (χ3n) is 2.99. The lowest BCUT2D eigenvalue weighted by Gasteiger charge is -2.25. The van der Waals surface area contributed by atoms with Gasteiger partial charge in [-0.25, -0.2) is 4.79 Å². The van der Waals surface area contributed by atoms with E-state index in [1.165, 1.54) is 0 Å². The van der Waals surface area contributed by atoms with Crippen LogP contribution >= 0.6 is 0 Å². The van der Waals surface area contributed by atoms with E-state index in [1.807, 2.05) is 33.8 Å². The van der Waals surface area contributed by atoms with E-state index in [1.54, 1.807) is 7.11 Å². The SMILES string of the molecule is COc1cc(C)cc(C)c1C(OCC(=O)O)C(C)C. The van der Waals surface area contributed by atoms with Crippen LogP contribution in [0.3, 0.4) is 0 Å². The van der Waals surface area contributed by atoms with Crippen LogP contribution in [0.5, 0.6) is 5.75 Å². The monoisotopic (exact) mass is 266 g/mol. The summed E-state index contributed by atoms with van der Waals surface area (Å²) >= 11 is 0. The minimum absolute atomic E-state index is 0.162. The third kappa shape index (κ3) is 3.96. The van der Waals surface area contributed by atoms with Gasteiger partial charge in [-0.15, -0.1) is 0 Å². The highest BCUT2D eigenvalue weighted by Gasteiger charge is 2.23. The molecule has 0 fully saturated rings. The standard InChI is InChI=1S/C15H22O4/c1-9(2)15(19-8-13(16)17)14-11(4)6-10(3)7-12(14)18-5/h6-7,9,15H,8H2,1-5H3,(H,16,17). The second kappa shape index (κ2) is 6.57. The molecule has 0 radical (unpaired) electrons. The predicted molar refractivity (Wildman–Crippen MR) is 73.6 cm³/mol. The number of ether oxygens (including phenoxy) is 2. The van der Waals surface area contributed by atoms with Crippen LogP contribution in [0.4, 0.5) is 0 Å². The summed E-state index contributed by atoms with van der Waals surface area (Å²) in [4.78, 5) is 10.7. The lowest BCUT2D eigenvalue weighted by atomic mass is 9.93. The first-order valence-corrected chi connectivity index (χ1v) is 6.35. The van der Waals surface area contributed by atoms with Crippen LogP contribution in [0.2, 0.25) is 0 Å². The van der Waals surface area contributed by atoms with Crippen molar-refractivity contribution in [2.75, 3.05) is 13.7 Å². The van der Waals surface area contributed by atoms with E-state index in [9.17, 15) is 4.79 Å². The predicted octanol–water partition coefficient (Wildman–Crippen LogP) is 3.11. The lowest BCUT2D eigenvalue weighted by Crippen LogP contribution is -2.18. The molecule has 106 valence electrons. The van der Waals surface area contributed by atoms with E-state index in [0.29, 0.717) is 0 Å². The van der Waals surface area contributed by atoms with Gasteiger partial charge in [0.1, 0.15) is 12.4 Å². The molecule has 1 aromatic rings. The fourth-order valence-corrected chi connectivity index (χ4v) is 2.24. The van der Waals surface area contributed by atoms with E-state index in [-0.39, 0.29) is 18.6 Å². The number of methoxy groups -OCH3 is 1. The molecular weight excluding hydrogens is 244 g/mol. The summed E-state index contributed by atoms with van der Waals surface area (Å²) in [5.41, 5.74) is 3.10. The Hall–Kier alpha value is -1.55. The topological polar surface area (TPSA) is 55.8 Å². The maximum Gasteiger partial charge on any atom is 0.329 e. The molecule has 0 spiro atoms. The quantitative estimate of drug-likeness (QED) is 0.859. The van der Waals surface area contributed by atoms with Crippen LogP contribution in [-0.2, 0) is 9.53 Å². The molecular formula is C15H22O4. The second-order valence-electron chi connectivity index (χ2n) is 5.07. The first-order chi connectivity index (χ1) is 8.86. The maximum atomic E-state index is 10.7. The Kier molecular flexibility index (Phi) is 5.36. The van der Waals surface area contributed by atoms with Gasteiger partial charge in [0.2, 0.25) is 0 Å². The maximum absolute atomic E-state index is 10.7. The van der Waals surface area contributed by atoms with Gasteiger partial charge in [0, 0.05) is 5.56 Å². The highest BCUT2D eigenvalue weighted by molar-refractivity contribution is 5.68. The minimum Gasteiger partial charge on any atom is -0.496 e. The van der Waals surface area contributed by atoms with Gasteiger partial charge in [-0.2, -0.15) is 0 Å². The minimum atomic E-state index is -0.964. The van der Waals surface area contributed by atoms with E-state index >= 15 is 0 Å². The number of aliphatic carboxylic acids is 1. The zero-order valence-electron chi connectivity index (χ0n) is 12.2. The summed E-state index contributed by atoms with van der Waals surface area (Å²) in [7, 11) is 1.62. The van der Waals surface area contributed by atoms with Crippen LogP contribution in [0, 0.1) is 19.8 Å². The van der Waals surface area contributed by atoms with Crippen molar-refractivity contribution in [3.05, 3.63) is 28.8 Å². The summed E-state index contributed by atoms with van der Waals surface area (Å²) in [5, 5.41) is 8.77. The van der Waals surface area contributed by atoms with Gasteiger partial charge in [-0.1, -0.05) is 19.9 Å². The Morgan fingerprint density at radius 1 is 1.32 bits per heavy atom. The molecule has 0 heterocycles. The molecule has 0 amide bonds. The highest BCUT2D eigenvalue weighted by atomic mass is 16.5. The van der Waals surface area contributed by atoms with Gasteiger partial charge < -0.3 is 14.6 Å². The molecule has 1 N–H and O–H groups in total. The number of hydrogen-bond acceptors (Lipinski definition) is 3. The number of rotatable bonds is 6. The van der Waals surface area contributed by atoms with E-state index in [0.717, 1.165) is 22.4 Å². The van der Waals surface area contributed by atoms with E-state index in [2.05, 4.69) is 6.07 Å². The van der Waals surface area contributed by atoms with Crippen LogP contribution in [0.1, 0.15) is 36.6 Å². The highest BCUT2D eigenvalue weighted by Crippen LogP contribution is 2.36. The van der Waals surface area contributed by atoms with E-state index in [4.69, 9.17) is 14.6 Å². The van der Waals surface area contributed by atoms with E-state index < -0.39 is 5.97 Å². The molecule has 19 heavy (non-hydrogen) atoms. The number of carbonyl (C=O) groups is 1. The van der Waals surface area contributed by atoms with Crippen molar-refractivity contribution in [1.82, 2.24) is 0 Å². The number of carboxylic acids is 1. The van der Waals surface area contributed by atoms with Crippen LogP contribution in [0.25, 0.3) is 0 Å². The Labute approximate surface area is 114 Å². The van der Waals surface area contributed by atoms with Crippen LogP contribution < -0.4 is 4.74 Å². The Morgan fingerprint density at radius 3 is 2.42 bits per heavy atom. The van der Waals surface area contributed by atoms with Crippen molar-refractivity contribution in [3.63, 3.8) is 0 Å². The van der Waals surface area contributed by atoms with Crippen molar-refractivity contribution >= 4 is 5.97 Å². The molecule has 1 aromatic carbocycles. The largest absolute Gasteiger partial charge is 0.496 e. The van der Waals surface area contributed by atoms with Crippen molar-refractivity contribution in [3.8, 4) is 5.75 Å². The third-order valence-corrected chi connectivity index (χ3v) is 2.99. The van der Waals surface area contributed by atoms with Gasteiger partial charge in [0.15, 0.2) is 0 Å². The summed E-state index contributed by atoms with van der Waals surface area (Å²) in [5.74, 6) is -0.0503. The Bertz CT molecular complexity index is 452. The van der Waals surface area contributed by atoms with Crippen LogP contribution in [0.15, 0.2) is 12.1 Å². The van der Waals surface area contributed by atoms with Crippen LogP contribution in [-0.4, -0.2) is 24.8 Å². The summed E-state index contributed by atoms with van der Waals surface area (Å²) < 4.78 is 11.0. The van der Waals surface area contributed by atoms with Gasteiger partial charge in [-0.3, -0.25) is 0 Å². The normalized spacial score (nSPS) is 12.5. The van der Waals surface area contributed by atoms with Crippen molar-refractivity contribution in [2.45, 2.75) is 33.8 Å². The van der Waals surface area contributed by atoms with Gasteiger partial charge in [0.05, 0.1) is 13.2 Å². The molecule has 4 nitrogen and oxygen atoms in total.